The maximum atomic E-state index is 11.0. The highest BCUT2D eigenvalue weighted by Crippen LogP contribution is 2.05. The van der Waals surface area contributed by atoms with E-state index < -0.39 is 12.0 Å². The lowest BCUT2D eigenvalue weighted by atomic mass is 10.1. The summed E-state index contributed by atoms with van der Waals surface area (Å²) >= 11 is 0. The molecule has 3 nitrogen and oxygen atoms in total. The van der Waals surface area contributed by atoms with Gasteiger partial charge in [-0.1, -0.05) is 67.7 Å². The Morgan fingerprint density at radius 3 is 1.56 bits per heavy atom. The Morgan fingerprint density at radius 1 is 0.800 bits per heavy atom. The van der Waals surface area contributed by atoms with Gasteiger partial charge in [-0.3, -0.25) is 9.69 Å². The number of nitrogens with zero attached hydrogens (tertiary/aromatic N) is 1. The van der Waals surface area contributed by atoms with Crippen LogP contribution >= 0.6 is 0 Å². The number of hydrogen-bond acceptors (Lipinski definition) is 2. The second-order valence-electron chi connectivity index (χ2n) is 6.10. The van der Waals surface area contributed by atoms with E-state index in [1.54, 1.807) is 19.0 Å². The first-order valence-electron chi connectivity index (χ1n) is 9.23. The fraction of sp³-hybridized carbons (Fsp3) is 0.500. The molecule has 0 aliphatic rings. The number of hydrogen-bond donors (Lipinski definition) is 1. The van der Waals surface area contributed by atoms with E-state index in [1.165, 1.54) is 0 Å². The molecule has 0 aromatic carbocycles. The average molecular weight is 346 g/mol. The van der Waals surface area contributed by atoms with E-state index >= 15 is 0 Å². The highest BCUT2D eigenvalue weighted by molar-refractivity contribution is 5.73. The fourth-order valence-electron chi connectivity index (χ4n) is 2.23. The van der Waals surface area contributed by atoms with Gasteiger partial charge in [-0.25, -0.2) is 0 Å². The molecule has 0 aliphatic heterocycles. The Hall–Kier alpha value is -1.87. The van der Waals surface area contributed by atoms with E-state index in [0.29, 0.717) is 6.42 Å². The van der Waals surface area contributed by atoms with Gasteiger partial charge in [0.25, 0.3) is 0 Å². The Kier molecular flexibility index (Phi) is 15.7. The minimum Gasteiger partial charge on any atom is -0.480 e. The normalized spacial score (nSPS) is 14.2. The molecular formula is C22H35NO2. The molecule has 0 fully saturated rings. The van der Waals surface area contributed by atoms with Crippen molar-refractivity contribution in [3.63, 3.8) is 0 Å². The first-order chi connectivity index (χ1) is 12.1. The zero-order chi connectivity index (χ0) is 18.8. The lowest BCUT2D eigenvalue weighted by Gasteiger charge is -2.18. The molecule has 0 saturated heterocycles. The van der Waals surface area contributed by atoms with Gasteiger partial charge >= 0.3 is 5.97 Å². The van der Waals surface area contributed by atoms with E-state index in [2.05, 4.69) is 67.7 Å². The lowest BCUT2D eigenvalue weighted by molar-refractivity contribution is -0.142. The number of carboxylic acid groups (broad SMARTS) is 1. The van der Waals surface area contributed by atoms with Crippen molar-refractivity contribution in [3.8, 4) is 0 Å². The number of carboxylic acids is 1. The minimum atomic E-state index is -0.752. The van der Waals surface area contributed by atoms with Gasteiger partial charge in [-0.2, -0.15) is 0 Å². The molecule has 0 heterocycles. The topological polar surface area (TPSA) is 40.5 Å². The maximum Gasteiger partial charge on any atom is 0.320 e. The smallest absolute Gasteiger partial charge is 0.320 e. The summed E-state index contributed by atoms with van der Waals surface area (Å²) in [7, 11) is 3.61. The second-order valence-corrected chi connectivity index (χ2v) is 6.10. The fourth-order valence-corrected chi connectivity index (χ4v) is 2.23. The summed E-state index contributed by atoms with van der Waals surface area (Å²) in [6, 6.07) is -0.401. The van der Waals surface area contributed by atoms with Crippen LogP contribution in [0.4, 0.5) is 0 Å². The van der Waals surface area contributed by atoms with E-state index in [4.69, 9.17) is 5.11 Å². The third-order valence-electron chi connectivity index (χ3n) is 3.67. The van der Waals surface area contributed by atoms with E-state index in [-0.39, 0.29) is 0 Å². The molecule has 1 unspecified atom stereocenters. The summed E-state index contributed by atoms with van der Waals surface area (Å²) in [5, 5.41) is 9.08. The molecular weight excluding hydrogens is 310 g/mol. The molecule has 0 aromatic rings. The predicted molar refractivity (Wildman–Crippen MR) is 109 cm³/mol. The summed E-state index contributed by atoms with van der Waals surface area (Å²) in [6.45, 7) is 2.15. The molecule has 0 radical (unpaired) electrons. The van der Waals surface area contributed by atoms with E-state index in [0.717, 1.165) is 38.5 Å². The quantitative estimate of drug-likeness (QED) is 0.421. The Labute approximate surface area is 154 Å². The van der Waals surface area contributed by atoms with Gasteiger partial charge in [0.2, 0.25) is 0 Å². The summed E-state index contributed by atoms with van der Waals surface area (Å²) in [5.41, 5.74) is 0. The number of allylic oxidation sites excluding steroid dienone is 10. The van der Waals surface area contributed by atoms with Crippen LogP contribution in [0.2, 0.25) is 0 Å². The van der Waals surface area contributed by atoms with Gasteiger partial charge in [0.05, 0.1) is 0 Å². The van der Waals surface area contributed by atoms with Crippen molar-refractivity contribution in [2.24, 2.45) is 0 Å². The summed E-state index contributed by atoms with van der Waals surface area (Å²) in [4.78, 5) is 12.8. The summed E-state index contributed by atoms with van der Waals surface area (Å²) in [6.07, 6.45) is 28.0. The lowest BCUT2D eigenvalue weighted by Crippen LogP contribution is -2.35. The second kappa shape index (κ2) is 17.0. The number of rotatable bonds is 14. The highest BCUT2D eigenvalue weighted by Gasteiger charge is 2.17. The number of aliphatic carboxylic acids is 1. The number of likely N-dealkylation sites (N-methyl/N-ethyl adjacent to an activating group) is 1. The molecule has 0 aliphatic carbocycles. The van der Waals surface area contributed by atoms with Gasteiger partial charge in [0.15, 0.2) is 0 Å². The van der Waals surface area contributed by atoms with Crippen LogP contribution in [0.3, 0.4) is 0 Å². The predicted octanol–water partition coefficient (Wildman–Crippen LogP) is 5.53. The van der Waals surface area contributed by atoms with Crippen molar-refractivity contribution in [2.75, 3.05) is 14.1 Å². The van der Waals surface area contributed by atoms with Crippen LogP contribution in [0.25, 0.3) is 0 Å². The standard InChI is InChI=1S/C22H35NO2/c1-4-5-6-7-8-9-10-11-12-13-14-15-16-17-18-19-20-21(22(24)25)23(2)3/h5-6,8-9,11-12,14-15,17-18,21H,4,7,10,13,16,19-20H2,1-3H3,(H,24,25)/b6-5-,9-8-,12-11-,15-14-,18-17-. The molecule has 3 heteroatoms. The molecule has 1 N–H and O–H groups in total. The average Bonchev–Trinajstić information content (AvgIpc) is 2.57. The molecule has 0 rings (SSSR count). The zero-order valence-corrected chi connectivity index (χ0v) is 16.1. The Bertz CT molecular complexity index is 470. The van der Waals surface area contributed by atoms with Gasteiger partial charge in [0.1, 0.15) is 6.04 Å². The Morgan fingerprint density at radius 2 is 1.20 bits per heavy atom. The van der Waals surface area contributed by atoms with Gasteiger partial charge in [-0.05, 0) is 59.0 Å². The first-order valence-corrected chi connectivity index (χ1v) is 9.23. The highest BCUT2D eigenvalue weighted by atomic mass is 16.4. The van der Waals surface area contributed by atoms with Crippen molar-refractivity contribution < 1.29 is 9.90 Å². The van der Waals surface area contributed by atoms with E-state index in [1.807, 2.05) is 0 Å². The van der Waals surface area contributed by atoms with Crippen LogP contribution in [0.1, 0.15) is 51.9 Å². The maximum absolute atomic E-state index is 11.0. The van der Waals surface area contributed by atoms with Crippen LogP contribution < -0.4 is 0 Å². The third-order valence-corrected chi connectivity index (χ3v) is 3.67. The molecule has 0 spiro atoms. The Balaban J connectivity index is 3.70. The van der Waals surface area contributed by atoms with Crippen LogP contribution in [0.5, 0.6) is 0 Å². The largest absolute Gasteiger partial charge is 0.480 e. The zero-order valence-electron chi connectivity index (χ0n) is 16.1. The van der Waals surface area contributed by atoms with Crippen molar-refractivity contribution in [2.45, 2.75) is 57.9 Å². The monoisotopic (exact) mass is 345 g/mol. The van der Waals surface area contributed by atoms with Gasteiger partial charge in [-0.15, -0.1) is 0 Å². The van der Waals surface area contributed by atoms with Gasteiger partial charge < -0.3 is 5.11 Å². The molecule has 25 heavy (non-hydrogen) atoms. The minimum absolute atomic E-state index is 0.401. The molecule has 0 aromatic heterocycles. The molecule has 140 valence electrons. The van der Waals surface area contributed by atoms with Crippen molar-refractivity contribution in [1.82, 2.24) is 4.90 Å². The van der Waals surface area contributed by atoms with Crippen molar-refractivity contribution in [3.05, 3.63) is 60.8 Å². The molecule has 1 atom stereocenters. The summed E-state index contributed by atoms with van der Waals surface area (Å²) < 4.78 is 0. The van der Waals surface area contributed by atoms with Crippen LogP contribution in [-0.2, 0) is 4.79 Å². The molecule has 0 bridgehead atoms. The SMILES string of the molecule is CC/C=C\C/C=C\C/C=C\C/C=C\C/C=C\CCC(C(=O)O)N(C)C. The van der Waals surface area contributed by atoms with Crippen LogP contribution in [-0.4, -0.2) is 36.1 Å². The van der Waals surface area contributed by atoms with Crippen LogP contribution in [0, 0.1) is 0 Å². The summed E-state index contributed by atoms with van der Waals surface area (Å²) in [5.74, 6) is -0.752. The van der Waals surface area contributed by atoms with Crippen LogP contribution in [0.15, 0.2) is 60.8 Å². The third kappa shape index (κ3) is 15.4. The first kappa shape index (κ1) is 23.1. The number of carbonyl (C=O) groups is 1. The van der Waals surface area contributed by atoms with Gasteiger partial charge in [0, 0.05) is 0 Å². The molecule has 0 saturated carbocycles. The van der Waals surface area contributed by atoms with Crippen molar-refractivity contribution in [1.29, 1.82) is 0 Å². The molecule has 0 amide bonds. The van der Waals surface area contributed by atoms with E-state index in [9.17, 15) is 4.79 Å². The van der Waals surface area contributed by atoms with Crippen molar-refractivity contribution >= 4 is 5.97 Å².